The maximum atomic E-state index is 5.40. The lowest BCUT2D eigenvalue weighted by Crippen LogP contribution is -2.52. The van der Waals surface area contributed by atoms with Crippen LogP contribution in [0.15, 0.2) is 24.3 Å². The third kappa shape index (κ3) is 1.88. The maximum Gasteiger partial charge on any atom is 0.0554 e. The molecule has 4 rings (SSSR count). The molecule has 0 saturated carbocycles. The first-order chi connectivity index (χ1) is 9.65. The number of aromatic amines is 1. The Bertz CT molecular complexity index is 641. The quantitative estimate of drug-likeness (QED) is 0.908. The molecule has 0 aliphatic carbocycles. The minimum Gasteiger partial charge on any atom is -0.380 e. The fraction of sp³-hybridized carbons (Fsp3) is 0.529. The largest absolute Gasteiger partial charge is 0.380 e. The molecule has 20 heavy (non-hydrogen) atoms. The van der Waals surface area contributed by atoms with Crippen molar-refractivity contribution in [2.45, 2.75) is 32.9 Å². The highest BCUT2D eigenvalue weighted by Crippen LogP contribution is 2.34. The number of fused-ring (bicyclic) bond motifs is 3. The van der Waals surface area contributed by atoms with Gasteiger partial charge in [-0.25, -0.2) is 0 Å². The van der Waals surface area contributed by atoms with Crippen molar-refractivity contribution in [1.29, 1.82) is 0 Å². The SMILES string of the molecule is CC1Cc2c([nH]c3ccccc23)CN1CC1(C)COC1. The van der Waals surface area contributed by atoms with Crippen LogP contribution >= 0.6 is 0 Å². The molecular weight excluding hydrogens is 248 g/mol. The number of rotatable bonds is 2. The van der Waals surface area contributed by atoms with Crippen molar-refractivity contribution in [3.8, 4) is 0 Å². The van der Waals surface area contributed by atoms with Gasteiger partial charge >= 0.3 is 0 Å². The van der Waals surface area contributed by atoms with E-state index in [0.29, 0.717) is 11.5 Å². The maximum absolute atomic E-state index is 5.40. The first-order valence-electron chi connectivity index (χ1n) is 7.55. The summed E-state index contributed by atoms with van der Waals surface area (Å²) in [5, 5.41) is 1.41. The van der Waals surface area contributed by atoms with Crippen LogP contribution in [0, 0.1) is 5.41 Å². The highest BCUT2D eigenvalue weighted by molar-refractivity contribution is 5.84. The molecular formula is C17H22N2O. The van der Waals surface area contributed by atoms with Gasteiger partial charge in [0, 0.05) is 41.1 Å². The Balaban J connectivity index is 1.64. The molecule has 1 fully saturated rings. The average Bonchev–Trinajstić information content (AvgIpc) is 2.75. The molecule has 0 spiro atoms. The molecule has 0 radical (unpaired) electrons. The van der Waals surface area contributed by atoms with Crippen LogP contribution in [0.2, 0.25) is 0 Å². The van der Waals surface area contributed by atoms with E-state index >= 15 is 0 Å². The predicted molar refractivity (Wildman–Crippen MR) is 80.8 cm³/mol. The van der Waals surface area contributed by atoms with Crippen LogP contribution < -0.4 is 0 Å². The monoisotopic (exact) mass is 270 g/mol. The van der Waals surface area contributed by atoms with Gasteiger partial charge in [-0.05, 0) is 25.0 Å². The van der Waals surface area contributed by atoms with Crippen LogP contribution in [0.1, 0.15) is 25.1 Å². The minimum absolute atomic E-state index is 0.359. The van der Waals surface area contributed by atoms with Gasteiger partial charge in [0.25, 0.3) is 0 Å². The highest BCUT2D eigenvalue weighted by atomic mass is 16.5. The lowest BCUT2D eigenvalue weighted by molar-refractivity contribution is -0.120. The summed E-state index contributed by atoms with van der Waals surface area (Å²) in [5.41, 5.74) is 4.58. The number of aromatic nitrogens is 1. The second kappa shape index (κ2) is 4.34. The molecule has 1 aromatic carbocycles. The minimum atomic E-state index is 0.359. The molecule has 1 saturated heterocycles. The van der Waals surface area contributed by atoms with Crippen LogP contribution in [0.4, 0.5) is 0 Å². The number of hydrogen-bond donors (Lipinski definition) is 1. The Morgan fingerprint density at radius 3 is 2.90 bits per heavy atom. The van der Waals surface area contributed by atoms with Crippen molar-refractivity contribution in [3.63, 3.8) is 0 Å². The number of benzene rings is 1. The Morgan fingerprint density at radius 1 is 1.35 bits per heavy atom. The first kappa shape index (κ1) is 12.4. The molecule has 3 heterocycles. The third-order valence-corrected chi connectivity index (χ3v) is 4.87. The molecule has 1 aromatic heterocycles. The molecule has 0 bridgehead atoms. The summed E-state index contributed by atoms with van der Waals surface area (Å²) < 4.78 is 5.40. The van der Waals surface area contributed by atoms with Crippen molar-refractivity contribution in [2.75, 3.05) is 19.8 Å². The molecule has 1 atom stereocenters. The lowest BCUT2D eigenvalue weighted by Gasteiger charge is -2.45. The number of nitrogens with zero attached hydrogens (tertiary/aromatic N) is 1. The summed E-state index contributed by atoms with van der Waals surface area (Å²) in [5.74, 6) is 0. The van der Waals surface area contributed by atoms with Gasteiger partial charge in [0.2, 0.25) is 0 Å². The van der Waals surface area contributed by atoms with Crippen LogP contribution in [-0.2, 0) is 17.7 Å². The molecule has 2 aromatic rings. The van der Waals surface area contributed by atoms with E-state index in [9.17, 15) is 0 Å². The molecule has 0 amide bonds. The molecule has 1 N–H and O–H groups in total. The van der Waals surface area contributed by atoms with Crippen molar-refractivity contribution < 1.29 is 4.74 Å². The predicted octanol–water partition coefficient (Wildman–Crippen LogP) is 2.95. The van der Waals surface area contributed by atoms with Gasteiger partial charge in [0.1, 0.15) is 0 Å². The number of H-pyrrole nitrogens is 1. The number of hydrogen-bond acceptors (Lipinski definition) is 2. The molecule has 3 nitrogen and oxygen atoms in total. The zero-order valence-corrected chi connectivity index (χ0v) is 12.3. The van der Waals surface area contributed by atoms with Crippen LogP contribution in [-0.4, -0.2) is 35.7 Å². The smallest absolute Gasteiger partial charge is 0.0554 e. The van der Waals surface area contributed by atoms with E-state index in [0.717, 1.165) is 32.7 Å². The summed E-state index contributed by atoms with van der Waals surface area (Å²) in [6.07, 6.45) is 1.15. The van der Waals surface area contributed by atoms with Crippen LogP contribution in [0.25, 0.3) is 10.9 Å². The summed E-state index contributed by atoms with van der Waals surface area (Å²) in [6, 6.07) is 9.29. The van der Waals surface area contributed by atoms with Crippen molar-refractivity contribution in [2.24, 2.45) is 5.41 Å². The van der Waals surface area contributed by atoms with Gasteiger partial charge in [0.05, 0.1) is 13.2 Å². The zero-order chi connectivity index (χ0) is 13.7. The van der Waals surface area contributed by atoms with Crippen molar-refractivity contribution >= 4 is 10.9 Å². The molecule has 1 unspecified atom stereocenters. The molecule has 106 valence electrons. The fourth-order valence-corrected chi connectivity index (χ4v) is 3.65. The normalized spacial score (nSPS) is 25.4. The lowest BCUT2D eigenvalue weighted by atomic mass is 9.86. The first-order valence-corrected chi connectivity index (χ1v) is 7.55. The van der Waals surface area contributed by atoms with Gasteiger partial charge in [-0.3, -0.25) is 4.90 Å². The summed E-state index contributed by atoms with van der Waals surface area (Å²) >= 11 is 0. The van der Waals surface area contributed by atoms with E-state index < -0.39 is 0 Å². The Labute approximate surface area is 119 Å². The topological polar surface area (TPSA) is 28.3 Å². The third-order valence-electron chi connectivity index (χ3n) is 4.87. The number of ether oxygens (including phenoxy) is 1. The Morgan fingerprint density at radius 2 is 2.15 bits per heavy atom. The van der Waals surface area contributed by atoms with Crippen LogP contribution in [0.3, 0.4) is 0 Å². The number of nitrogens with one attached hydrogen (secondary N) is 1. The fourth-order valence-electron chi connectivity index (χ4n) is 3.65. The van der Waals surface area contributed by atoms with E-state index in [4.69, 9.17) is 4.74 Å². The number of para-hydroxylation sites is 1. The van der Waals surface area contributed by atoms with E-state index in [1.165, 1.54) is 22.2 Å². The standard InChI is InChI=1S/C17H22N2O/c1-12-7-14-13-5-3-4-6-15(13)18-16(14)8-19(12)9-17(2)10-20-11-17/h3-6,12,18H,7-11H2,1-2H3. The summed E-state index contributed by atoms with van der Waals surface area (Å²) in [7, 11) is 0. The zero-order valence-electron chi connectivity index (χ0n) is 12.3. The summed E-state index contributed by atoms with van der Waals surface area (Å²) in [4.78, 5) is 6.23. The highest BCUT2D eigenvalue weighted by Gasteiger charge is 2.38. The molecule has 2 aliphatic heterocycles. The van der Waals surface area contributed by atoms with Gasteiger partial charge in [-0.15, -0.1) is 0 Å². The van der Waals surface area contributed by atoms with Crippen molar-refractivity contribution in [1.82, 2.24) is 9.88 Å². The Hall–Kier alpha value is -1.32. The van der Waals surface area contributed by atoms with E-state index in [1.807, 2.05) is 0 Å². The Kier molecular flexibility index (Phi) is 2.69. The van der Waals surface area contributed by atoms with E-state index in [1.54, 1.807) is 0 Å². The molecule has 2 aliphatic rings. The van der Waals surface area contributed by atoms with Gasteiger partial charge in [0.15, 0.2) is 0 Å². The van der Waals surface area contributed by atoms with Gasteiger partial charge in [-0.2, -0.15) is 0 Å². The van der Waals surface area contributed by atoms with Crippen molar-refractivity contribution in [3.05, 3.63) is 35.5 Å². The van der Waals surface area contributed by atoms with Gasteiger partial charge in [-0.1, -0.05) is 25.1 Å². The average molecular weight is 270 g/mol. The van der Waals surface area contributed by atoms with Gasteiger partial charge < -0.3 is 9.72 Å². The van der Waals surface area contributed by atoms with Crippen LogP contribution in [0.5, 0.6) is 0 Å². The molecule has 3 heteroatoms. The second-order valence-electron chi connectivity index (χ2n) is 6.89. The summed E-state index contributed by atoms with van der Waals surface area (Å²) in [6.45, 7) is 8.70. The van der Waals surface area contributed by atoms with E-state index in [-0.39, 0.29) is 0 Å². The second-order valence-corrected chi connectivity index (χ2v) is 6.89. The van der Waals surface area contributed by atoms with E-state index in [2.05, 4.69) is 48.0 Å².